The number of hydrogen-bond acceptors (Lipinski definition) is 4. The van der Waals surface area contributed by atoms with Gasteiger partial charge in [0.1, 0.15) is 5.01 Å². The molecular formula is C13H12ClF2N3OS. The molecule has 1 heterocycles. The number of amides is 1. The standard InChI is InChI=1S/C13H12ClF2N3OS/c1-2-3-4-11-18-19-13(21-11)17-12(20)7-5-9(15)10(16)6-8(7)14/h5-6H,2-4H2,1H3,(H,17,19,20). The maximum atomic E-state index is 13.2. The minimum Gasteiger partial charge on any atom is -0.296 e. The zero-order valence-electron chi connectivity index (χ0n) is 11.1. The number of rotatable bonds is 5. The van der Waals surface area contributed by atoms with Gasteiger partial charge in [-0.15, -0.1) is 10.2 Å². The number of hydrogen-bond donors (Lipinski definition) is 1. The predicted molar refractivity (Wildman–Crippen MR) is 77.8 cm³/mol. The SMILES string of the molecule is CCCCc1nnc(NC(=O)c2cc(F)c(F)cc2Cl)s1. The van der Waals surface area contributed by atoms with Crippen LogP contribution in [0.25, 0.3) is 0 Å². The van der Waals surface area contributed by atoms with Gasteiger partial charge in [-0.05, 0) is 18.6 Å². The number of carbonyl (C=O) groups is 1. The molecule has 1 amide bonds. The Hall–Kier alpha value is -1.60. The van der Waals surface area contributed by atoms with Gasteiger partial charge in [-0.25, -0.2) is 8.78 Å². The average molecular weight is 332 g/mol. The second kappa shape index (κ2) is 6.91. The van der Waals surface area contributed by atoms with Crippen molar-refractivity contribution in [3.8, 4) is 0 Å². The molecule has 0 atom stereocenters. The van der Waals surface area contributed by atoms with E-state index in [0.29, 0.717) is 5.13 Å². The highest BCUT2D eigenvalue weighted by atomic mass is 35.5. The van der Waals surface area contributed by atoms with Gasteiger partial charge in [-0.2, -0.15) is 0 Å². The van der Waals surface area contributed by atoms with Gasteiger partial charge in [0.25, 0.3) is 5.91 Å². The second-order valence-electron chi connectivity index (χ2n) is 4.30. The molecule has 112 valence electrons. The lowest BCUT2D eigenvalue weighted by atomic mass is 10.2. The van der Waals surface area contributed by atoms with Crippen LogP contribution in [-0.2, 0) is 6.42 Å². The maximum absolute atomic E-state index is 13.2. The smallest absolute Gasteiger partial charge is 0.259 e. The van der Waals surface area contributed by atoms with Crippen LogP contribution >= 0.6 is 22.9 Å². The number of unbranched alkanes of at least 4 members (excludes halogenated alkanes) is 1. The summed E-state index contributed by atoms with van der Waals surface area (Å²) in [5, 5.41) is 11.2. The molecule has 0 radical (unpaired) electrons. The van der Waals surface area contributed by atoms with Gasteiger partial charge in [0.2, 0.25) is 5.13 Å². The van der Waals surface area contributed by atoms with Crippen molar-refractivity contribution >= 4 is 34.0 Å². The van der Waals surface area contributed by atoms with Crippen molar-refractivity contribution in [2.24, 2.45) is 0 Å². The average Bonchev–Trinajstić information content (AvgIpc) is 2.88. The van der Waals surface area contributed by atoms with Crippen LogP contribution in [0.1, 0.15) is 35.1 Å². The summed E-state index contributed by atoms with van der Waals surface area (Å²) in [4.78, 5) is 12.0. The van der Waals surface area contributed by atoms with Crippen molar-refractivity contribution < 1.29 is 13.6 Å². The minimum absolute atomic E-state index is 0.152. The lowest BCUT2D eigenvalue weighted by Crippen LogP contribution is -2.13. The van der Waals surface area contributed by atoms with Gasteiger partial charge in [-0.1, -0.05) is 36.3 Å². The highest BCUT2D eigenvalue weighted by molar-refractivity contribution is 7.15. The number of benzene rings is 1. The van der Waals surface area contributed by atoms with Crippen molar-refractivity contribution in [3.05, 3.63) is 39.4 Å². The van der Waals surface area contributed by atoms with E-state index < -0.39 is 17.5 Å². The molecule has 0 aliphatic rings. The van der Waals surface area contributed by atoms with Crippen LogP contribution in [0.3, 0.4) is 0 Å². The molecule has 0 fully saturated rings. The first kappa shape index (κ1) is 15.8. The molecule has 8 heteroatoms. The molecule has 21 heavy (non-hydrogen) atoms. The summed E-state index contributed by atoms with van der Waals surface area (Å²) in [6, 6.07) is 1.52. The summed E-state index contributed by atoms with van der Waals surface area (Å²) in [6.45, 7) is 2.06. The fourth-order valence-electron chi connectivity index (χ4n) is 1.59. The van der Waals surface area contributed by atoms with Gasteiger partial charge < -0.3 is 0 Å². The molecule has 0 aliphatic carbocycles. The van der Waals surface area contributed by atoms with Gasteiger partial charge in [0.05, 0.1) is 10.6 Å². The Bertz CT molecular complexity index is 663. The Morgan fingerprint density at radius 1 is 1.33 bits per heavy atom. The van der Waals surface area contributed by atoms with Crippen LogP contribution in [0.5, 0.6) is 0 Å². The van der Waals surface area contributed by atoms with E-state index in [9.17, 15) is 13.6 Å². The molecule has 2 rings (SSSR count). The molecule has 1 aromatic carbocycles. The van der Waals surface area contributed by atoms with Crippen LogP contribution in [0, 0.1) is 11.6 Å². The second-order valence-corrected chi connectivity index (χ2v) is 5.77. The number of nitrogens with one attached hydrogen (secondary N) is 1. The fourth-order valence-corrected chi connectivity index (χ4v) is 2.61. The van der Waals surface area contributed by atoms with E-state index >= 15 is 0 Å². The van der Waals surface area contributed by atoms with Gasteiger partial charge >= 0.3 is 0 Å². The van der Waals surface area contributed by atoms with E-state index in [1.165, 1.54) is 11.3 Å². The molecule has 0 spiro atoms. The van der Waals surface area contributed by atoms with Crippen molar-refractivity contribution in [1.29, 1.82) is 0 Å². The predicted octanol–water partition coefficient (Wildman–Crippen LogP) is 4.06. The summed E-state index contributed by atoms with van der Waals surface area (Å²) < 4.78 is 26.1. The molecule has 0 saturated heterocycles. The van der Waals surface area contributed by atoms with Crippen molar-refractivity contribution in [2.45, 2.75) is 26.2 Å². The van der Waals surface area contributed by atoms with Crippen LogP contribution < -0.4 is 5.32 Å². The summed E-state index contributed by atoms with van der Waals surface area (Å²) in [5.74, 6) is -2.89. The molecule has 0 saturated carbocycles. The molecule has 0 bridgehead atoms. The number of nitrogens with zero attached hydrogens (tertiary/aromatic N) is 2. The Morgan fingerprint density at radius 2 is 2.05 bits per heavy atom. The Kier molecular flexibility index (Phi) is 5.19. The summed E-state index contributed by atoms with van der Waals surface area (Å²) in [6.07, 6.45) is 2.80. The van der Waals surface area contributed by atoms with E-state index in [1.807, 2.05) is 0 Å². The Morgan fingerprint density at radius 3 is 2.76 bits per heavy atom. The number of anilines is 1. The van der Waals surface area contributed by atoms with Crippen LogP contribution in [0.4, 0.5) is 13.9 Å². The van der Waals surface area contributed by atoms with Crippen molar-refractivity contribution in [3.63, 3.8) is 0 Å². The third kappa shape index (κ3) is 3.95. The summed E-state index contributed by atoms with van der Waals surface area (Å²) in [7, 11) is 0. The number of aryl methyl sites for hydroxylation is 1. The molecule has 1 N–H and O–H groups in total. The minimum atomic E-state index is -1.13. The zero-order valence-corrected chi connectivity index (χ0v) is 12.7. The zero-order chi connectivity index (χ0) is 15.4. The first-order chi connectivity index (χ1) is 10.0. The van der Waals surface area contributed by atoms with Crippen LogP contribution in [-0.4, -0.2) is 16.1 Å². The third-order valence-corrected chi connectivity index (χ3v) is 3.90. The molecule has 4 nitrogen and oxygen atoms in total. The van der Waals surface area contributed by atoms with E-state index in [1.54, 1.807) is 0 Å². The topological polar surface area (TPSA) is 54.9 Å². The van der Waals surface area contributed by atoms with Gasteiger partial charge in [0, 0.05) is 6.42 Å². The molecule has 1 aromatic heterocycles. The quantitative estimate of drug-likeness (QED) is 0.840. The lowest BCUT2D eigenvalue weighted by Gasteiger charge is -2.04. The Balaban J connectivity index is 2.11. The number of aromatic nitrogens is 2. The molecule has 2 aromatic rings. The van der Waals surface area contributed by atoms with Gasteiger partial charge in [-0.3, -0.25) is 10.1 Å². The first-order valence-corrected chi connectivity index (χ1v) is 7.49. The van der Waals surface area contributed by atoms with E-state index in [2.05, 4.69) is 22.4 Å². The summed E-state index contributed by atoms with van der Waals surface area (Å²) >= 11 is 6.98. The van der Waals surface area contributed by atoms with E-state index in [4.69, 9.17) is 11.6 Å². The van der Waals surface area contributed by atoms with Crippen LogP contribution in [0.2, 0.25) is 5.02 Å². The third-order valence-electron chi connectivity index (χ3n) is 2.69. The summed E-state index contributed by atoms with van der Waals surface area (Å²) in [5.41, 5.74) is -0.152. The maximum Gasteiger partial charge on any atom is 0.259 e. The molecular weight excluding hydrogens is 320 g/mol. The largest absolute Gasteiger partial charge is 0.296 e. The number of halogens is 3. The number of carbonyl (C=O) groups excluding carboxylic acids is 1. The Labute approximate surface area is 129 Å². The van der Waals surface area contributed by atoms with Crippen LogP contribution in [0.15, 0.2) is 12.1 Å². The monoisotopic (exact) mass is 331 g/mol. The normalized spacial score (nSPS) is 10.7. The van der Waals surface area contributed by atoms with Crippen molar-refractivity contribution in [2.75, 3.05) is 5.32 Å². The van der Waals surface area contributed by atoms with Crippen molar-refractivity contribution in [1.82, 2.24) is 10.2 Å². The lowest BCUT2D eigenvalue weighted by molar-refractivity contribution is 0.102. The first-order valence-electron chi connectivity index (χ1n) is 6.29. The highest BCUT2D eigenvalue weighted by Crippen LogP contribution is 2.23. The fraction of sp³-hybridized carbons (Fsp3) is 0.308. The van der Waals surface area contributed by atoms with E-state index in [0.717, 1.165) is 36.4 Å². The van der Waals surface area contributed by atoms with Gasteiger partial charge in [0.15, 0.2) is 11.6 Å². The van der Waals surface area contributed by atoms with E-state index in [-0.39, 0.29) is 10.6 Å². The highest BCUT2D eigenvalue weighted by Gasteiger charge is 2.16. The molecule has 0 unspecified atom stereocenters. The molecule has 0 aliphatic heterocycles.